The summed E-state index contributed by atoms with van der Waals surface area (Å²) in [6, 6.07) is 11.3. The summed E-state index contributed by atoms with van der Waals surface area (Å²) in [5.74, 6) is 0.180. The summed E-state index contributed by atoms with van der Waals surface area (Å²) in [4.78, 5) is 29.3. The zero-order valence-corrected chi connectivity index (χ0v) is 12.8. The molecule has 2 N–H and O–H groups in total. The Morgan fingerprint density at radius 2 is 2.14 bits per heavy atom. The topological polar surface area (TPSA) is 71.1 Å². The molecule has 1 atom stereocenters. The summed E-state index contributed by atoms with van der Waals surface area (Å²) in [6.07, 6.45) is 1.74. The number of amides is 2. The molecule has 1 unspecified atom stereocenters. The van der Waals surface area contributed by atoms with E-state index in [1.807, 2.05) is 43.3 Å². The number of aromatic nitrogens is 1. The van der Waals surface area contributed by atoms with E-state index in [0.29, 0.717) is 5.82 Å². The summed E-state index contributed by atoms with van der Waals surface area (Å²) in [5.41, 5.74) is 1.69. The normalized spacial score (nSPS) is 16.6. The lowest BCUT2D eigenvalue weighted by atomic mass is 10.2. The van der Waals surface area contributed by atoms with Crippen molar-refractivity contribution in [1.29, 1.82) is 0 Å². The molecule has 1 aliphatic heterocycles. The standard InChI is InChI=1S/C16H15N3O2S/c1-10-5-4-8-17-15(10)19-14(20)9-13-16(21)18-11-6-2-3-7-12(11)22-13/h2-8,13H,9H2,1H3,(H,18,21)(H,17,19,20). The van der Waals surface area contributed by atoms with Crippen LogP contribution in [0.3, 0.4) is 0 Å². The number of benzene rings is 1. The van der Waals surface area contributed by atoms with Crippen LogP contribution in [0.1, 0.15) is 12.0 Å². The quantitative estimate of drug-likeness (QED) is 0.914. The fraction of sp³-hybridized carbons (Fsp3) is 0.188. The fourth-order valence-electron chi connectivity index (χ4n) is 2.20. The molecule has 1 aliphatic rings. The molecule has 2 amide bonds. The zero-order valence-electron chi connectivity index (χ0n) is 12.0. The van der Waals surface area contributed by atoms with E-state index in [4.69, 9.17) is 0 Å². The molecule has 22 heavy (non-hydrogen) atoms. The predicted molar refractivity (Wildman–Crippen MR) is 86.9 cm³/mol. The average molecular weight is 313 g/mol. The molecule has 0 aliphatic carbocycles. The molecule has 0 spiro atoms. The molecule has 6 heteroatoms. The number of carbonyl (C=O) groups excluding carboxylic acids is 2. The number of hydrogen-bond donors (Lipinski definition) is 2. The molecule has 0 fully saturated rings. The van der Waals surface area contributed by atoms with Crippen LogP contribution >= 0.6 is 11.8 Å². The fourth-order valence-corrected chi connectivity index (χ4v) is 3.31. The second-order valence-corrected chi connectivity index (χ2v) is 6.26. The number of carbonyl (C=O) groups is 2. The highest BCUT2D eigenvalue weighted by atomic mass is 32.2. The number of para-hydroxylation sites is 1. The maximum Gasteiger partial charge on any atom is 0.238 e. The monoisotopic (exact) mass is 313 g/mol. The van der Waals surface area contributed by atoms with Gasteiger partial charge in [-0.25, -0.2) is 4.98 Å². The van der Waals surface area contributed by atoms with Crippen molar-refractivity contribution in [2.75, 3.05) is 10.6 Å². The van der Waals surface area contributed by atoms with E-state index in [9.17, 15) is 9.59 Å². The van der Waals surface area contributed by atoms with Crippen LogP contribution in [0.15, 0.2) is 47.5 Å². The van der Waals surface area contributed by atoms with Gasteiger partial charge in [-0.2, -0.15) is 0 Å². The molecule has 1 aromatic carbocycles. The van der Waals surface area contributed by atoms with Gasteiger partial charge in [-0.05, 0) is 30.7 Å². The SMILES string of the molecule is Cc1cccnc1NC(=O)CC1Sc2ccccc2NC1=O. The number of thioether (sulfide) groups is 1. The van der Waals surface area contributed by atoms with E-state index in [1.165, 1.54) is 11.8 Å². The van der Waals surface area contributed by atoms with Crippen LogP contribution in [0.5, 0.6) is 0 Å². The number of aryl methyl sites for hydroxylation is 1. The average Bonchev–Trinajstić information content (AvgIpc) is 2.50. The highest BCUT2D eigenvalue weighted by molar-refractivity contribution is 8.01. The smallest absolute Gasteiger partial charge is 0.238 e. The number of fused-ring (bicyclic) bond motifs is 1. The minimum atomic E-state index is -0.432. The summed E-state index contributed by atoms with van der Waals surface area (Å²) in [5, 5.41) is 5.16. The van der Waals surface area contributed by atoms with Crippen LogP contribution < -0.4 is 10.6 Å². The van der Waals surface area contributed by atoms with Crippen molar-refractivity contribution in [3.63, 3.8) is 0 Å². The molecule has 2 heterocycles. The number of anilines is 2. The van der Waals surface area contributed by atoms with E-state index in [-0.39, 0.29) is 18.2 Å². The first-order chi connectivity index (χ1) is 10.6. The van der Waals surface area contributed by atoms with Crippen molar-refractivity contribution in [1.82, 2.24) is 4.98 Å². The molecule has 1 aromatic heterocycles. The van der Waals surface area contributed by atoms with Crippen molar-refractivity contribution < 1.29 is 9.59 Å². The predicted octanol–water partition coefficient (Wildman–Crippen LogP) is 2.83. The largest absolute Gasteiger partial charge is 0.324 e. The van der Waals surface area contributed by atoms with Crippen molar-refractivity contribution in [3.05, 3.63) is 48.2 Å². The third-order valence-electron chi connectivity index (χ3n) is 3.34. The Morgan fingerprint density at radius 1 is 1.32 bits per heavy atom. The van der Waals surface area contributed by atoms with Gasteiger partial charge in [0.25, 0.3) is 0 Å². The van der Waals surface area contributed by atoms with Gasteiger partial charge in [-0.1, -0.05) is 18.2 Å². The van der Waals surface area contributed by atoms with Gasteiger partial charge in [0.1, 0.15) is 5.82 Å². The van der Waals surface area contributed by atoms with Crippen LogP contribution in [0.2, 0.25) is 0 Å². The second-order valence-electron chi connectivity index (χ2n) is 5.01. The highest BCUT2D eigenvalue weighted by Gasteiger charge is 2.28. The first-order valence-corrected chi connectivity index (χ1v) is 7.79. The molecule has 3 rings (SSSR count). The van der Waals surface area contributed by atoms with Crippen LogP contribution in [-0.2, 0) is 9.59 Å². The minimum absolute atomic E-state index is 0.112. The molecular weight excluding hydrogens is 298 g/mol. The number of rotatable bonds is 3. The van der Waals surface area contributed by atoms with E-state index >= 15 is 0 Å². The van der Waals surface area contributed by atoms with Crippen LogP contribution in [0.25, 0.3) is 0 Å². The van der Waals surface area contributed by atoms with Crippen LogP contribution in [0, 0.1) is 6.92 Å². The number of nitrogens with one attached hydrogen (secondary N) is 2. The second kappa shape index (κ2) is 6.19. The Bertz CT molecular complexity index is 733. The lowest BCUT2D eigenvalue weighted by Crippen LogP contribution is -2.32. The maximum absolute atomic E-state index is 12.1. The lowest BCUT2D eigenvalue weighted by molar-refractivity contribution is -0.120. The van der Waals surface area contributed by atoms with Gasteiger partial charge in [-0.3, -0.25) is 9.59 Å². The molecular formula is C16H15N3O2S. The third kappa shape index (κ3) is 3.12. The summed E-state index contributed by atoms with van der Waals surface area (Å²) >= 11 is 1.41. The Morgan fingerprint density at radius 3 is 2.95 bits per heavy atom. The van der Waals surface area contributed by atoms with E-state index in [1.54, 1.807) is 6.20 Å². The molecule has 0 saturated heterocycles. The Kier molecular flexibility index (Phi) is 4.11. The van der Waals surface area contributed by atoms with Gasteiger partial charge in [0, 0.05) is 17.5 Å². The minimum Gasteiger partial charge on any atom is -0.324 e. The van der Waals surface area contributed by atoms with Gasteiger partial charge in [0.2, 0.25) is 11.8 Å². The Labute approximate surface area is 132 Å². The van der Waals surface area contributed by atoms with Gasteiger partial charge < -0.3 is 10.6 Å². The van der Waals surface area contributed by atoms with Crippen molar-refractivity contribution in [2.24, 2.45) is 0 Å². The van der Waals surface area contributed by atoms with Gasteiger partial charge in [-0.15, -0.1) is 11.8 Å². The van der Waals surface area contributed by atoms with Gasteiger partial charge in [0.05, 0.1) is 10.9 Å². The summed E-state index contributed by atoms with van der Waals surface area (Å²) < 4.78 is 0. The van der Waals surface area contributed by atoms with Gasteiger partial charge >= 0.3 is 0 Å². The lowest BCUT2D eigenvalue weighted by Gasteiger charge is -2.23. The number of pyridine rings is 1. The first kappa shape index (κ1) is 14.6. The van der Waals surface area contributed by atoms with Crippen LogP contribution in [-0.4, -0.2) is 22.0 Å². The Hall–Kier alpha value is -2.34. The van der Waals surface area contributed by atoms with Crippen molar-refractivity contribution in [3.8, 4) is 0 Å². The van der Waals surface area contributed by atoms with E-state index in [0.717, 1.165) is 16.1 Å². The number of nitrogens with zero attached hydrogens (tertiary/aromatic N) is 1. The third-order valence-corrected chi connectivity index (χ3v) is 4.62. The highest BCUT2D eigenvalue weighted by Crippen LogP contribution is 2.36. The summed E-state index contributed by atoms with van der Waals surface area (Å²) in [6.45, 7) is 1.88. The molecule has 0 radical (unpaired) electrons. The Balaban J connectivity index is 1.67. The van der Waals surface area contributed by atoms with Crippen LogP contribution in [0.4, 0.5) is 11.5 Å². The number of hydrogen-bond acceptors (Lipinski definition) is 4. The van der Waals surface area contributed by atoms with E-state index < -0.39 is 5.25 Å². The molecule has 0 bridgehead atoms. The molecule has 0 saturated carbocycles. The zero-order chi connectivity index (χ0) is 15.5. The molecule has 2 aromatic rings. The molecule has 5 nitrogen and oxygen atoms in total. The van der Waals surface area contributed by atoms with Crippen molar-refractivity contribution in [2.45, 2.75) is 23.5 Å². The first-order valence-electron chi connectivity index (χ1n) is 6.91. The maximum atomic E-state index is 12.1. The van der Waals surface area contributed by atoms with E-state index in [2.05, 4.69) is 15.6 Å². The summed E-state index contributed by atoms with van der Waals surface area (Å²) in [7, 11) is 0. The van der Waals surface area contributed by atoms with Crippen molar-refractivity contribution >= 4 is 35.1 Å². The van der Waals surface area contributed by atoms with Gasteiger partial charge in [0.15, 0.2) is 0 Å². The molecule has 112 valence electrons.